The van der Waals surface area contributed by atoms with E-state index in [1.807, 2.05) is 52.2 Å². The maximum Gasteiger partial charge on any atom is 0.167 e. The van der Waals surface area contributed by atoms with Gasteiger partial charge >= 0.3 is 0 Å². The third-order valence-electron chi connectivity index (χ3n) is 10.8. The monoisotopic (exact) mass is 738 g/mol. The molecule has 2 fully saturated rings. The summed E-state index contributed by atoms with van der Waals surface area (Å²) in [7, 11) is 3.26. The fourth-order valence-electron chi connectivity index (χ4n) is 6.53. The highest BCUT2D eigenvalue weighted by Gasteiger charge is 2.30. The van der Waals surface area contributed by atoms with Crippen LogP contribution >= 0.6 is 0 Å². The Bertz CT molecular complexity index is 2060. The minimum absolute atomic E-state index is 0.270. The number of fused-ring (bicyclic) bond motifs is 2. The number of benzene rings is 2. The second-order valence-electron chi connectivity index (χ2n) is 15.0. The number of hydrogen-bond donors (Lipinski definition) is 0. The van der Waals surface area contributed by atoms with Gasteiger partial charge < -0.3 is 18.9 Å². The van der Waals surface area contributed by atoms with E-state index in [1.165, 1.54) is 49.9 Å². The number of ether oxygens (including phenoxy) is 4. The number of pyridine rings is 2. The first-order chi connectivity index (χ1) is 26.0. The largest absolute Gasteiger partial charge is 0.490 e. The van der Waals surface area contributed by atoms with Gasteiger partial charge in [-0.3, -0.25) is 8.80 Å². The molecule has 0 aliphatic heterocycles. The second-order valence-corrected chi connectivity index (χ2v) is 15.0. The van der Waals surface area contributed by atoms with Crippen LogP contribution in [-0.4, -0.2) is 56.6 Å². The van der Waals surface area contributed by atoms with Gasteiger partial charge in [-0.05, 0) is 113 Å². The minimum Gasteiger partial charge on any atom is -0.490 e. The van der Waals surface area contributed by atoms with Gasteiger partial charge in [0.1, 0.15) is 59.2 Å². The van der Waals surface area contributed by atoms with Crippen molar-refractivity contribution in [2.45, 2.75) is 77.4 Å². The number of aryl methyl sites for hydroxylation is 2. The maximum absolute atomic E-state index is 13.2. The SMILES string of the molecule is CO[C@@](C)(COc1ccn2c(CC3CC3)nnc2c1C)c1ccc(F)cc1.CO[C@](C)(COc1ccn2c(CC3CC3)nnc2c1C)c1ccc(F)cc1. The zero-order valence-electron chi connectivity index (χ0n) is 31.8. The molecule has 10 nitrogen and oxygen atoms in total. The van der Waals surface area contributed by atoms with Crippen molar-refractivity contribution in [3.05, 3.63) is 119 Å². The van der Waals surface area contributed by atoms with E-state index in [4.69, 9.17) is 18.9 Å². The van der Waals surface area contributed by atoms with Crippen molar-refractivity contribution in [2.75, 3.05) is 27.4 Å². The average Bonchev–Trinajstić information content (AvgIpc) is 4.10. The highest BCUT2D eigenvalue weighted by molar-refractivity contribution is 5.55. The van der Waals surface area contributed by atoms with Crippen molar-refractivity contribution in [1.29, 1.82) is 0 Å². The van der Waals surface area contributed by atoms with Gasteiger partial charge in [-0.25, -0.2) is 8.78 Å². The Hall–Kier alpha value is -4.94. The number of halogens is 2. The molecule has 2 saturated carbocycles. The Morgan fingerprint density at radius 1 is 0.593 bits per heavy atom. The lowest BCUT2D eigenvalue weighted by atomic mass is 9.96. The molecule has 6 aromatic rings. The summed E-state index contributed by atoms with van der Waals surface area (Å²) < 4.78 is 54.1. The summed E-state index contributed by atoms with van der Waals surface area (Å²) in [6.45, 7) is 8.44. The van der Waals surface area contributed by atoms with E-state index in [1.54, 1.807) is 38.5 Å². The van der Waals surface area contributed by atoms with E-state index in [9.17, 15) is 8.78 Å². The van der Waals surface area contributed by atoms with Gasteiger partial charge in [0, 0.05) is 50.6 Å². The lowest BCUT2D eigenvalue weighted by molar-refractivity contribution is -0.0346. The van der Waals surface area contributed by atoms with Crippen molar-refractivity contribution >= 4 is 11.3 Å². The van der Waals surface area contributed by atoms with Crippen molar-refractivity contribution in [3.63, 3.8) is 0 Å². The predicted octanol–water partition coefficient (Wildman–Crippen LogP) is 8.14. The predicted molar refractivity (Wildman–Crippen MR) is 201 cm³/mol. The molecule has 2 atom stereocenters. The van der Waals surface area contributed by atoms with Crippen LogP contribution in [0.4, 0.5) is 8.78 Å². The minimum atomic E-state index is -0.683. The van der Waals surface area contributed by atoms with Crippen LogP contribution < -0.4 is 9.47 Å². The van der Waals surface area contributed by atoms with E-state index >= 15 is 0 Å². The molecule has 0 N–H and O–H groups in total. The Morgan fingerprint density at radius 2 is 0.963 bits per heavy atom. The van der Waals surface area contributed by atoms with Gasteiger partial charge in [0.05, 0.1) is 0 Å². The van der Waals surface area contributed by atoms with Crippen LogP contribution in [0.5, 0.6) is 11.5 Å². The van der Waals surface area contributed by atoms with Crippen LogP contribution in [0.2, 0.25) is 0 Å². The molecule has 0 amide bonds. The maximum atomic E-state index is 13.2. The molecule has 54 heavy (non-hydrogen) atoms. The molecule has 2 aliphatic rings. The molecule has 4 aromatic heterocycles. The summed E-state index contributed by atoms with van der Waals surface area (Å²) in [5.41, 5.74) is 3.90. The Kier molecular flexibility index (Phi) is 10.7. The topological polar surface area (TPSA) is 97.3 Å². The molecule has 4 heterocycles. The highest BCUT2D eigenvalue weighted by atomic mass is 19.1. The van der Waals surface area contributed by atoms with E-state index in [-0.39, 0.29) is 11.6 Å². The van der Waals surface area contributed by atoms with Gasteiger partial charge in [-0.15, -0.1) is 20.4 Å². The van der Waals surface area contributed by atoms with Crippen LogP contribution in [0.1, 0.15) is 73.4 Å². The molecule has 2 aromatic carbocycles. The lowest BCUT2D eigenvalue weighted by Crippen LogP contribution is -2.32. The van der Waals surface area contributed by atoms with Crippen LogP contribution in [0.15, 0.2) is 73.1 Å². The van der Waals surface area contributed by atoms with Crippen molar-refractivity contribution in [3.8, 4) is 11.5 Å². The van der Waals surface area contributed by atoms with Gasteiger partial charge in [0.2, 0.25) is 0 Å². The van der Waals surface area contributed by atoms with Gasteiger partial charge in [-0.2, -0.15) is 0 Å². The molecule has 284 valence electrons. The standard InChI is InChI=1S/2C21H24FN3O2/c2*1-14-18(10-11-25-19(12-15-4-5-15)23-24-20(14)25)27-13-21(2,26-3)16-6-8-17(22)9-7-16/h2*6-11,15H,4-5,12-13H2,1-3H3/t2*21-/m10/s1. The Labute approximate surface area is 314 Å². The first-order valence-corrected chi connectivity index (χ1v) is 18.5. The van der Waals surface area contributed by atoms with Gasteiger partial charge in [0.15, 0.2) is 11.3 Å². The summed E-state index contributed by atoms with van der Waals surface area (Å²) in [5.74, 6) is 4.49. The summed E-state index contributed by atoms with van der Waals surface area (Å²) in [6.07, 6.45) is 11.0. The quantitative estimate of drug-likeness (QED) is 0.111. The molecular weight excluding hydrogens is 690 g/mol. The van der Waals surface area contributed by atoms with Gasteiger partial charge in [-0.1, -0.05) is 24.3 Å². The summed E-state index contributed by atoms with van der Waals surface area (Å²) in [4.78, 5) is 0. The van der Waals surface area contributed by atoms with Crippen molar-refractivity contribution < 1.29 is 27.7 Å². The first-order valence-electron chi connectivity index (χ1n) is 18.5. The molecule has 0 bridgehead atoms. The lowest BCUT2D eigenvalue weighted by Gasteiger charge is -2.29. The Balaban J connectivity index is 0.000000167. The van der Waals surface area contributed by atoms with Crippen molar-refractivity contribution in [2.24, 2.45) is 11.8 Å². The summed E-state index contributed by atoms with van der Waals surface area (Å²) in [6, 6.07) is 16.5. The molecule has 12 heteroatoms. The first kappa shape index (κ1) is 37.4. The molecule has 0 radical (unpaired) electrons. The highest BCUT2D eigenvalue weighted by Crippen LogP contribution is 2.35. The summed E-state index contributed by atoms with van der Waals surface area (Å²) in [5, 5.41) is 17.4. The van der Waals surface area contributed by atoms with Gasteiger partial charge in [0.25, 0.3) is 0 Å². The zero-order chi connectivity index (χ0) is 38.0. The zero-order valence-corrected chi connectivity index (χ0v) is 31.8. The average molecular weight is 739 g/mol. The van der Waals surface area contributed by atoms with Crippen LogP contribution in [-0.2, 0) is 33.5 Å². The van der Waals surface area contributed by atoms with E-state index in [2.05, 4.69) is 29.2 Å². The third kappa shape index (κ3) is 8.09. The molecule has 0 saturated heterocycles. The second kappa shape index (κ2) is 15.4. The fourth-order valence-corrected chi connectivity index (χ4v) is 6.53. The molecule has 0 unspecified atom stereocenters. The smallest absolute Gasteiger partial charge is 0.167 e. The molecule has 2 aliphatic carbocycles. The number of methoxy groups -OCH3 is 2. The van der Waals surface area contributed by atoms with E-state index in [0.29, 0.717) is 13.2 Å². The van der Waals surface area contributed by atoms with E-state index < -0.39 is 11.2 Å². The van der Waals surface area contributed by atoms with E-state index in [0.717, 1.165) is 81.4 Å². The van der Waals surface area contributed by atoms with Crippen LogP contribution in [0.3, 0.4) is 0 Å². The number of aromatic nitrogens is 6. The normalized spacial score (nSPS) is 16.4. The molecule has 8 rings (SSSR count). The third-order valence-corrected chi connectivity index (χ3v) is 10.8. The van der Waals surface area contributed by atoms with Crippen LogP contribution in [0.25, 0.3) is 11.3 Å². The number of nitrogens with zero attached hydrogens (tertiary/aromatic N) is 6. The van der Waals surface area contributed by atoms with Crippen LogP contribution in [0, 0.1) is 37.3 Å². The molecular formula is C42H48F2N6O4. The number of hydrogen-bond acceptors (Lipinski definition) is 8. The number of rotatable bonds is 14. The Morgan fingerprint density at radius 3 is 1.30 bits per heavy atom. The van der Waals surface area contributed by atoms with Crippen molar-refractivity contribution in [1.82, 2.24) is 29.2 Å². The summed E-state index contributed by atoms with van der Waals surface area (Å²) >= 11 is 0. The fraction of sp³-hybridized carbons (Fsp3) is 0.429. The molecule has 0 spiro atoms.